The molecule has 0 unspecified atom stereocenters. The third kappa shape index (κ3) is 3.27. The Morgan fingerprint density at radius 2 is 2.11 bits per heavy atom. The van der Waals surface area contributed by atoms with Gasteiger partial charge in [0.2, 0.25) is 5.88 Å². The molecule has 0 atom stereocenters. The number of nitrogens with zero attached hydrogens (tertiary/aromatic N) is 1. The average Bonchev–Trinajstić information content (AvgIpc) is 2.35. The number of benzene rings is 1. The second kappa shape index (κ2) is 5.93. The van der Waals surface area contributed by atoms with Crippen molar-refractivity contribution in [2.45, 2.75) is 6.42 Å². The lowest BCUT2D eigenvalue weighted by Crippen LogP contribution is -2.03. The fourth-order valence-electron chi connectivity index (χ4n) is 1.46. The molecule has 0 saturated heterocycles. The zero-order valence-corrected chi connectivity index (χ0v) is 11.2. The lowest BCUT2D eigenvalue weighted by atomic mass is 10.2. The van der Waals surface area contributed by atoms with E-state index in [1.807, 2.05) is 6.07 Å². The average molecular weight is 311 g/mol. The van der Waals surface area contributed by atoms with Crippen molar-refractivity contribution >= 4 is 15.9 Å². The molecule has 0 amide bonds. The highest BCUT2D eigenvalue weighted by Crippen LogP contribution is 2.25. The lowest BCUT2D eigenvalue weighted by molar-refractivity contribution is 0.427. The first-order valence-corrected chi connectivity index (χ1v) is 6.26. The molecule has 0 fully saturated rings. The molecule has 2 rings (SSSR count). The Morgan fingerprint density at radius 3 is 2.72 bits per heavy atom. The van der Waals surface area contributed by atoms with Crippen LogP contribution in [0.3, 0.4) is 0 Å². The van der Waals surface area contributed by atoms with Crippen molar-refractivity contribution in [1.82, 2.24) is 4.98 Å². The predicted octanol–water partition coefficient (Wildman–Crippen LogP) is 3.28. The summed E-state index contributed by atoms with van der Waals surface area (Å²) in [7, 11) is 0. The van der Waals surface area contributed by atoms with Crippen LogP contribution in [0.2, 0.25) is 0 Å². The van der Waals surface area contributed by atoms with Crippen LogP contribution in [-0.4, -0.2) is 11.5 Å². The first-order valence-electron chi connectivity index (χ1n) is 5.47. The van der Waals surface area contributed by atoms with E-state index in [1.165, 1.54) is 6.07 Å². The van der Waals surface area contributed by atoms with E-state index in [0.29, 0.717) is 16.9 Å². The molecule has 0 aliphatic heterocycles. The number of hydrogen-bond acceptors (Lipinski definition) is 3. The zero-order chi connectivity index (χ0) is 13.0. The molecule has 18 heavy (non-hydrogen) atoms. The van der Waals surface area contributed by atoms with Crippen LogP contribution in [0, 0.1) is 5.82 Å². The summed E-state index contributed by atoms with van der Waals surface area (Å²) >= 11 is 3.19. The van der Waals surface area contributed by atoms with Gasteiger partial charge in [-0.15, -0.1) is 0 Å². The highest BCUT2D eigenvalue weighted by molar-refractivity contribution is 9.10. The van der Waals surface area contributed by atoms with Gasteiger partial charge >= 0.3 is 0 Å². The molecule has 0 aliphatic rings. The molecule has 1 aromatic carbocycles. The number of halogens is 2. The molecule has 0 radical (unpaired) electrons. The Labute approximate surface area is 113 Å². The standard InChI is InChI=1S/C13H12BrFN2O/c14-10-2-3-12(11(15)7-10)18-13-4-1-9(5-6-16)8-17-13/h1-4,7-8H,5-6,16H2. The van der Waals surface area contributed by atoms with Crippen LogP contribution in [0.15, 0.2) is 41.0 Å². The van der Waals surface area contributed by atoms with Crippen molar-refractivity contribution in [3.8, 4) is 11.6 Å². The second-order valence-corrected chi connectivity index (χ2v) is 4.64. The van der Waals surface area contributed by atoms with Crippen LogP contribution < -0.4 is 10.5 Å². The van der Waals surface area contributed by atoms with Gasteiger partial charge in [-0.05, 0) is 36.7 Å². The van der Waals surface area contributed by atoms with Gasteiger partial charge in [-0.25, -0.2) is 9.37 Å². The minimum atomic E-state index is -0.433. The van der Waals surface area contributed by atoms with Gasteiger partial charge in [-0.2, -0.15) is 0 Å². The second-order valence-electron chi connectivity index (χ2n) is 3.72. The highest BCUT2D eigenvalue weighted by Gasteiger charge is 2.06. The van der Waals surface area contributed by atoms with Crippen molar-refractivity contribution in [3.63, 3.8) is 0 Å². The van der Waals surface area contributed by atoms with Gasteiger partial charge in [0.05, 0.1) is 0 Å². The molecule has 94 valence electrons. The van der Waals surface area contributed by atoms with Gasteiger partial charge in [0.1, 0.15) is 0 Å². The molecule has 2 aromatic rings. The quantitative estimate of drug-likeness (QED) is 0.942. The van der Waals surface area contributed by atoms with Crippen molar-refractivity contribution in [2.75, 3.05) is 6.54 Å². The van der Waals surface area contributed by atoms with Gasteiger partial charge in [-0.1, -0.05) is 22.0 Å². The minimum absolute atomic E-state index is 0.150. The minimum Gasteiger partial charge on any atom is -0.436 e. The van der Waals surface area contributed by atoms with Gasteiger partial charge in [0, 0.05) is 16.7 Å². The van der Waals surface area contributed by atoms with Gasteiger partial charge in [0.15, 0.2) is 11.6 Å². The zero-order valence-electron chi connectivity index (χ0n) is 9.57. The van der Waals surface area contributed by atoms with Crippen LogP contribution >= 0.6 is 15.9 Å². The molecule has 5 heteroatoms. The van der Waals surface area contributed by atoms with E-state index in [1.54, 1.807) is 24.4 Å². The Morgan fingerprint density at radius 1 is 1.28 bits per heavy atom. The van der Waals surface area contributed by atoms with E-state index in [2.05, 4.69) is 20.9 Å². The molecule has 0 spiro atoms. The van der Waals surface area contributed by atoms with Crippen molar-refractivity contribution in [2.24, 2.45) is 5.73 Å². The summed E-state index contributed by atoms with van der Waals surface area (Å²) in [6, 6.07) is 8.17. The van der Waals surface area contributed by atoms with E-state index >= 15 is 0 Å². The van der Waals surface area contributed by atoms with Gasteiger partial charge < -0.3 is 10.5 Å². The van der Waals surface area contributed by atoms with E-state index in [0.717, 1.165) is 12.0 Å². The van der Waals surface area contributed by atoms with Crippen LogP contribution in [0.1, 0.15) is 5.56 Å². The summed E-state index contributed by atoms with van der Waals surface area (Å²) in [6.45, 7) is 0.573. The SMILES string of the molecule is NCCc1ccc(Oc2ccc(Br)cc2F)nc1. The van der Waals surface area contributed by atoms with Crippen molar-refractivity contribution in [3.05, 3.63) is 52.4 Å². The van der Waals surface area contributed by atoms with Crippen LogP contribution in [0.25, 0.3) is 0 Å². The number of pyridine rings is 1. The Bertz CT molecular complexity index is 531. The summed E-state index contributed by atoms with van der Waals surface area (Å²) in [4.78, 5) is 4.10. The van der Waals surface area contributed by atoms with E-state index in [-0.39, 0.29) is 5.75 Å². The highest BCUT2D eigenvalue weighted by atomic mass is 79.9. The third-order valence-electron chi connectivity index (χ3n) is 2.34. The number of hydrogen-bond donors (Lipinski definition) is 1. The first kappa shape index (κ1) is 13.0. The van der Waals surface area contributed by atoms with Crippen molar-refractivity contribution in [1.29, 1.82) is 0 Å². The number of ether oxygens (including phenoxy) is 1. The summed E-state index contributed by atoms with van der Waals surface area (Å²) in [5.41, 5.74) is 6.47. The van der Waals surface area contributed by atoms with Crippen LogP contribution in [0.4, 0.5) is 4.39 Å². The van der Waals surface area contributed by atoms with E-state index in [9.17, 15) is 4.39 Å². The number of aromatic nitrogens is 1. The molecule has 1 aromatic heterocycles. The Balaban J connectivity index is 2.13. The Kier molecular flexibility index (Phi) is 4.28. The molecular weight excluding hydrogens is 299 g/mol. The van der Waals surface area contributed by atoms with Gasteiger partial charge in [0.25, 0.3) is 0 Å². The largest absolute Gasteiger partial charge is 0.436 e. The summed E-state index contributed by atoms with van der Waals surface area (Å²) in [5, 5.41) is 0. The fourth-order valence-corrected chi connectivity index (χ4v) is 1.79. The summed E-state index contributed by atoms with van der Waals surface area (Å²) in [5.74, 6) is 0.0754. The first-order chi connectivity index (χ1) is 8.69. The third-order valence-corrected chi connectivity index (χ3v) is 2.83. The predicted molar refractivity (Wildman–Crippen MR) is 71.2 cm³/mol. The molecule has 1 heterocycles. The molecule has 0 bridgehead atoms. The Hall–Kier alpha value is -1.46. The van der Waals surface area contributed by atoms with Gasteiger partial charge in [-0.3, -0.25) is 0 Å². The van der Waals surface area contributed by atoms with Crippen LogP contribution in [0.5, 0.6) is 11.6 Å². The molecule has 0 saturated carbocycles. The smallest absolute Gasteiger partial charge is 0.219 e. The van der Waals surface area contributed by atoms with Crippen molar-refractivity contribution < 1.29 is 9.13 Å². The maximum Gasteiger partial charge on any atom is 0.219 e. The fraction of sp³-hybridized carbons (Fsp3) is 0.154. The van der Waals surface area contributed by atoms with E-state index < -0.39 is 5.82 Å². The number of rotatable bonds is 4. The topological polar surface area (TPSA) is 48.1 Å². The normalized spacial score (nSPS) is 10.4. The maximum atomic E-state index is 13.5. The monoisotopic (exact) mass is 310 g/mol. The van der Waals surface area contributed by atoms with E-state index in [4.69, 9.17) is 10.5 Å². The molecule has 0 aliphatic carbocycles. The van der Waals surface area contributed by atoms with Crippen LogP contribution in [-0.2, 0) is 6.42 Å². The summed E-state index contributed by atoms with van der Waals surface area (Å²) < 4.78 is 19.6. The lowest BCUT2D eigenvalue weighted by Gasteiger charge is -2.06. The molecular formula is C13H12BrFN2O. The summed E-state index contributed by atoms with van der Waals surface area (Å²) in [6.07, 6.45) is 2.44. The maximum absolute atomic E-state index is 13.5. The molecule has 2 N–H and O–H groups in total. The molecule has 3 nitrogen and oxygen atoms in total. The number of nitrogens with two attached hydrogens (primary N) is 1.